The molecule has 1 aromatic rings. The molecule has 10 rings (SSSR count). The highest BCUT2D eigenvalue weighted by Gasteiger charge is 2.77. The number of nitrogens with two attached hydrogens (primary N) is 1. The maximum absolute atomic E-state index is 15.1. The standard InChI is InChI=1S/C57H90N4O12/c1-51(30-63)20-22-56(50(70)71)23-21-52(2)34(37(56)26-51)14-15-40-53(52,3)19-16-41-54(4,42(65)28-62)47(73-48-46(68)45(67)39(64)29-72-48)44(66)36(57(40,41)32-11-6-5-7-12-32)25-35-43(61-49(69)55(35)17-8-9-18-55)33(13-10-24-58)38-27-59-31-60-38/h14,27,31-33,35-37,39-48,62-68H,5-13,15-26,28-30,58H2,1-4H3,(H,59,60)(H,61,69)(H,70,71). The fourth-order valence-corrected chi connectivity index (χ4v) is 19.7. The summed E-state index contributed by atoms with van der Waals surface area (Å²) >= 11 is 0. The molecule has 0 bridgehead atoms. The molecule has 20 unspecified atom stereocenters. The molecule has 73 heavy (non-hydrogen) atoms. The van der Waals surface area contributed by atoms with E-state index in [0.717, 1.165) is 63.5 Å². The largest absolute Gasteiger partial charge is 0.481 e. The number of H-pyrrole nitrogens is 1. The Kier molecular flexibility index (Phi) is 14.6. The van der Waals surface area contributed by atoms with E-state index in [2.05, 4.69) is 42.1 Å². The molecular formula is C57H90N4O12. The van der Waals surface area contributed by atoms with Gasteiger partial charge in [-0.15, -0.1) is 0 Å². The number of aromatic nitrogens is 2. The van der Waals surface area contributed by atoms with Gasteiger partial charge in [0.15, 0.2) is 6.29 Å². The molecule has 0 aromatic carbocycles. The minimum atomic E-state index is -1.68. The van der Waals surface area contributed by atoms with E-state index in [9.17, 15) is 45.6 Å². The first kappa shape index (κ1) is 53.9. The first-order valence-electron chi connectivity index (χ1n) is 28.6. The van der Waals surface area contributed by atoms with Crippen LogP contribution in [0.25, 0.3) is 0 Å². The smallest absolute Gasteiger partial charge is 0.310 e. The number of aliphatic carboxylic acids is 1. The third kappa shape index (κ3) is 7.87. The van der Waals surface area contributed by atoms with Crippen molar-refractivity contribution in [3.8, 4) is 0 Å². The maximum atomic E-state index is 15.1. The number of ether oxygens (including phenoxy) is 2. The molecule has 20 atom stereocenters. The number of carbonyl (C=O) groups excluding carboxylic acids is 1. The summed E-state index contributed by atoms with van der Waals surface area (Å²) in [7, 11) is 0. The second-order valence-electron chi connectivity index (χ2n) is 26.5. The Labute approximate surface area is 432 Å². The first-order chi connectivity index (χ1) is 34.8. The molecule has 2 saturated heterocycles. The van der Waals surface area contributed by atoms with Crippen molar-refractivity contribution < 1.29 is 59.9 Å². The summed E-state index contributed by atoms with van der Waals surface area (Å²) in [6.45, 7) is 8.39. The molecule has 410 valence electrons. The van der Waals surface area contributed by atoms with E-state index >= 15 is 4.79 Å². The van der Waals surface area contributed by atoms with Crippen molar-refractivity contribution in [3.05, 3.63) is 29.9 Å². The number of allylic oxidation sites excluding steroid dienone is 2. The highest BCUT2D eigenvalue weighted by molar-refractivity contribution is 5.86. The van der Waals surface area contributed by atoms with Gasteiger partial charge in [-0.2, -0.15) is 0 Å². The van der Waals surface area contributed by atoms with Crippen molar-refractivity contribution in [2.75, 3.05) is 26.4 Å². The molecular weight excluding hydrogens is 933 g/mol. The van der Waals surface area contributed by atoms with Crippen LogP contribution in [-0.4, -0.2) is 138 Å². The number of aliphatic hydroxyl groups is 7. The fraction of sp³-hybridized carbons (Fsp3) is 0.877. The molecule has 8 fully saturated rings. The van der Waals surface area contributed by atoms with Crippen LogP contribution in [0, 0.1) is 73.4 Å². The van der Waals surface area contributed by atoms with Gasteiger partial charge in [-0.05, 0) is 160 Å². The SMILES string of the molecule is CC1(CO)CCC2(C(=O)O)CCC3(C)C(=CCC4C5(C6CCCCC6)C(CC6C(C(CCCN)c7cnc[nH]7)NC(=O)C67CCCC7)C(O)C(OC6OCC(O)C(O)C6O)C(C)(C(O)CO)C5CCC43C)C2C1. The van der Waals surface area contributed by atoms with Gasteiger partial charge < -0.3 is 66.4 Å². The Morgan fingerprint density at radius 1 is 0.904 bits per heavy atom. The van der Waals surface area contributed by atoms with Crippen LogP contribution in [0.15, 0.2) is 24.2 Å². The Morgan fingerprint density at radius 2 is 1.63 bits per heavy atom. The van der Waals surface area contributed by atoms with Crippen molar-refractivity contribution in [2.24, 2.45) is 79.1 Å². The van der Waals surface area contributed by atoms with E-state index in [4.69, 9.17) is 15.2 Å². The van der Waals surface area contributed by atoms with Gasteiger partial charge >= 0.3 is 5.97 Å². The second kappa shape index (κ2) is 19.7. The van der Waals surface area contributed by atoms with E-state index in [1.165, 1.54) is 5.57 Å². The molecule has 9 aliphatic rings. The third-order valence-electron chi connectivity index (χ3n) is 23.8. The number of aliphatic hydroxyl groups excluding tert-OH is 7. The summed E-state index contributed by atoms with van der Waals surface area (Å²) < 4.78 is 12.9. The van der Waals surface area contributed by atoms with Gasteiger partial charge in [0.1, 0.15) is 18.3 Å². The van der Waals surface area contributed by atoms with E-state index in [0.29, 0.717) is 77.2 Å². The molecule has 16 heteroatoms. The highest BCUT2D eigenvalue weighted by Crippen LogP contribution is 2.80. The fourth-order valence-electron chi connectivity index (χ4n) is 19.7. The average molecular weight is 1020 g/mol. The first-order valence-corrected chi connectivity index (χ1v) is 28.6. The molecule has 0 radical (unpaired) electrons. The van der Waals surface area contributed by atoms with Crippen molar-refractivity contribution in [1.29, 1.82) is 0 Å². The number of rotatable bonds is 14. The highest BCUT2D eigenvalue weighted by atomic mass is 16.7. The minimum Gasteiger partial charge on any atom is -0.481 e. The molecule has 2 aliphatic heterocycles. The normalized spacial score (nSPS) is 47.4. The van der Waals surface area contributed by atoms with Crippen molar-refractivity contribution in [1.82, 2.24) is 15.3 Å². The number of fused-ring (bicyclic) bond motifs is 7. The van der Waals surface area contributed by atoms with Gasteiger partial charge in [0.2, 0.25) is 5.91 Å². The predicted molar refractivity (Wildman–Crippen MR) is 270 cm³/mol. The van der Waals surface area contributed by atoms with Crippen molar-refractivity contribution in [3.63, 3.8) is 0 Å². The van der Waals surface area contributed by atoms with Gasteiger partial charge in [-0.3, -0.25) is 9.59 Å². The van der Waals surface area contributed by atoms with E-state index in [1.807, 2.05) is 13.1 Å². The number of aromatic amines is 1. The van der Waals surface area contributed by atoms with Crippen LogP contribution in [-0.2, 0) is 19.1 Å². The van der Waals surface area contributed by atoms with E-state index in [1.54, 1.807) is 6.33 Å². The monoisotopic (exact) mass is 1020 g/mol. The zero-order valence-corrected chi connectivity index (χ0v) is 44.1. The van der Waals surface area contributed by atoms with Crippen molar-refractivity contribution >= 4 is 11.9 Å². The Bertz CT molecular complexity index is 2190. The molecule has 7 aliphatic carbocycles. The lowest BCUT2D eigenvalue weighted by molar-refractivity contribution is -0.358. The van der Waals surface area contributed by atoms with Gasteiger partial charge in [0.05, 0.1) is 48.7 Å². The number of hydrogen-bond donors (Lipinski definition) is 11. The summed E-state index contributed by atoms with van der Waals surface area (Å²) in [6, 6.07) is -0.331. The van der Waals surface area contributed by atoms with Gasteiger partial charge in [0.25, 0.3) is 0 Å². The Morgan fingerprint density at radius 3 is 2.29 bits per heavy atom. The molecule has 1 aromatic heterocycles. The summed E-state index contributed by atoms with van der Waals surface area (Å²) in [5.41, 5.74) is 3.33. The zero-order chi connectivity index (χ0) is 52.1. The topological polar surface area (TPSA) is 281 Å². The summed E-state index contributed by atoms with van der Waals surface area (Å²) in [4.78, 5) is 36.6. The van der Waals surface area contributed by atoms with Gasteiger partial charge in [-0.1, -0.05) is 71.4 Å². The number of nitrogens with one attached hydrogen (secondary N) is 2. The quantitative estimate of drug-likeness (QED) is 0.0858. The van der Waals surface area contributed by atoms with Crippen LogP contribution in [0.2, 0.25) is 0 Å². The second-order valence-corrected chi connectivity index (χ2v) is 26.5. The predicted octanol–water partition coefficient (Wildman–Crippen LogP) is 5.07. The maximum Gasteiger partial charge on any atom is 0.310 e. The Balaban J connectivity index is 1.20. The Hall–Kier alpha value is -2.51. The number of amides is 1. The van der Waals surface area contributed by atoms with Crippen LogP contribution in [0.4, 0.5) is 0 Å². The molecule has 3 heterocycles. The van der Waals surface area contributed by atoms with E-state index < -0.39 is 99.3 Å². The lowest BCUT2D eigenvalue weighted by atomic mass is 9.28. The number of imidazole rings is 1. The zero-order valence-electron chi connectivity index (χ0n) is 44.1. The van der Waals surface area contributed by atoms with Crippen LogP contribution in [0.1, 0.15) is 168 Å². The van der Waals surface area contributed by atoms with Crippen LogP contribution >= 0.6 is 0 Å². The van der Waals surface area contributed by atoms with Crippen LogP contribution in [0.5, 0.6) is 0 Å². The number of carbonyl (C=O) groups is 2. The number of hydrogen-bond acceptors (Lipinski definition) is 13. The third-order valence-corrected chi connectivity index (χ3v) is 23.8. The summed E-state index contributed by atoms with van der Waals surface area (Å²) in [5, 5.41) is 97.1. The summed E-state index contributed by atoms with van der Waals surface area (Å²) in [6.07, 6.45) is 10.7. The lowest BCUT2D eigenvalue weighted by Crippen LogP contribution is -2.76. The number of carboxylic acid groups (broad SMARTS) is 1. The molecule has 6 saturated carbocycles. The van der Waals surface area contributed by atoms with Crippen molar-refractivity contribution in [2.45, 2.75) is 211 Å². The molecule has 16 nitrogen and oxygen atoms in total. The average Bonchev–Trinajstić information content (AvgIpc) is 4.17. The van der Waals surface area contributed by atoms with E-state index in [-0.39, 0.29) is 60.7 Å². The number of carboxylic acids is 1. The summed E-state index contributed by atoms with van der Waals surface area (Å²) in [5.74, 6) is -2.32. The van der Waals surface area contributed by atoms with Crippen LogP contribution < -0.4 is 11.1 Å². The molecule has 1 amide bonds. The molecule has 12 N–H and O–H groups in total. The molecule has 1 spiro atoms. The lowest BCUT2D eigenvalue weighted by Gasteiger charge is -2.76. The number of nitrogens with zero attached hydrogens (tertiary/aromatic N) is 1. The van der Waals surface area contributed by atoms with Gasteiger partial charge in [-0.25, -0.2) is 4.98 Å². The minimum absolute atomic E-state index is 0.0128. The van der Waals surface area contributed by atoms with Gasteiger partial charge in [0, 0.05) is 35.9 Å². The van der Waals surface area contributed by atoms with Crippen LogP contribution in [0.3, 0.4) is 0 Å².